The summed E-state index contributed by atoms with van der Waals surface area (Å²) in [6, 6.07) is 47.6. The average molecular weight is 564 g/mol. The second kappa shape index (κ2) is 12.7. The zero-order valence-corrected chi connectivity index (χ0v) is 23.2. The molecule has 0 aliphatic carbocycles. The van der Waals surface area contributed by atoms with Gasteiger partial charge in [0.25, 0.3) is 0 Å². The summed E-state index contributed by atoms with van der Waals surface area (Å²) >= 11 is 0. The van der Waals surface area contributed by atoms with Crippen LogP contribution in [0, 0.1) is 0 Å². The van der Waals surface area contributed by atoms with Crippen molar-refractivity contribution < 1.29 is 19.7 Å². The molecule has 0 aliphatic heterocycles. The number of hydrogen-bond donors (Lipinski definition) is 2. The number of aromatic hydroxyl groups is 2. The van der Waals surface area contributed by atoms with Crippen molar-refractivity contribution in [1.29, 1.82) is 0 Å². The van der Waals surface area contributed by atoms with Crippen molar-refractivity contribution in [1.82, 2.24) is 0 Å². The molecule has 0 spiro atoms. The predicted octanol–water partition coefficient (Wildman–Crippen LogP) is 10.3. The Kier molecular flexibility index (Phi) is 8.05. The Hall–Kier alpha value is -5.94. The third-order valence-electron chi connectivity index (χ3n) is 6.68. The largest absolute Gasteiger partial charge is 0.508 e. The topological polar surface area (TPSA) is 62.2 Å². The van der Waals surface area contributed by atoms with Gasteiger partial charge in [0.05, 0.1) is 0 Å². The van der Waals surface area contributed by atoms with Crippen LogP contribution in [0.1, 0.15) is 11.1 Å². The number of nitrogens with zero attached hydrogens (tertiary/aromatic N) is 1. The zero-order valence-electron chi connectivity index (χ0n) is 23.2. The number of rotatable bonds is 9. The molecule has 5 nitrogen and oxygen atoms in total. The van der Waals surface area contributed by atoms with E-state index in [1.54, 1.807) is 48.5 Å². The van der Waals surface area contributed by atoms with Crippen molar-refractivity contribution in [3.8, 4) is 34.5 Å². The van der Waals surface area contributed by atoms with E-state index in [2.05, 4.69) is 53.5 Å². The Morgan fingerprint density at radius 3 is 1.33 bits per heavy atom. The Morgan fingerprint density at radius 1 is 0.395 bits per heavy atom. The number of ether oxygens (including phenoxy) is 2. The van der Waals surface area contributed by atoms with E-state index in [0.29, 0.717) is 23.0 Å². The molecule has 43 heavy (non-hydrogen) atoms. The number of benzene rings is 6. The third-order valence-corrected chi connectivity index (χ3v) is 6.68. The minimum Gasteiger partial charge on any atom is -0.508 e. The van der Waals surface area contributed by atoms with Crippen molar-refractivity contribution in [2.24, 2.45) is 0 Å². The standard InChI is InChI=1S/C38H29NO4/c40-33-12-6-16-37(26-33)42-35-14-4-10-31(24-35)39(30-22-20-29(21-23-30)19-18-28-8-2-1-3-9-28)32-11-5-15-36(25-32)43-38-17-7-13-34(41)27-38/h1-27,40-41H. The summed E-state index contributed by atoms with van der Waals surface area (Å²) < 4.78 is 12.2. The quantitative estimate of drug-likeness (QED) is 0.171. The fourth-order valence-corrected chi connectivity index (χ4v) is 4.68. The van der Waals surface area contributed by atoms with Crippen LogP contribution in [0.5, 0.6) is 34.5 Å². The summed E-state index contributed by atoms with van der Waals surface area (Å²) in [6.07, 6.45) is 4.19. The van der Waals surface area contributed by atoms with Gasteiger partial charge in [-0.2, -0.15) is 0 Å². The first kappa shape index (κ1) is 27.2. The van der Waals surface area contributed by atoms with Gasteiger partial charge in [-0.3, -0.25) is 0 Å². The third kappa shape index (κ3) is 7.04. The Labute approximate surface area is 250 Å². The molecular formula is C38H29NO4. The van der Waals surface area contributed by atoms with E-state index in [4.69, 9.17) is 9.47 Å². The van der Waals surface area contributed by atoms with E-state index >= 15 is 0 Å². The first-order valence-electron chi connectivity index (χ1n) is 13.9. The molecule has 0 atom stereocenters. The fourth-order valence-electron chi connectivity index (χ4n) is 4.68. The average Bonchev–Trinajstić information content (AvgIpc) is 3.02. The van der Waals surface area contributed by atoms with Crippen LogP contribution >= 0.6 is 0 Å². The molecule has 0 aromatic heterocycles. The molecule has 0 aliphatic rings. The maximum atomic E-state index is 9.88. The molecule has 210 valence electrons. The van der Waals surface area contributed by atoms with Crippen molar-refractivity contribution in [3.05, 3.63) is 163 Å². The van der Waals surface area contributed by atoms with Crippen LogP contribution in [0.25, 0.3) is 12.2 Å². The maximum absolute atomic E-state index is 9.88. The molecule has 0 fully saturated rings. The van der Waals surface area contributed by atoms with E-state index in [-0.39, 0.29) is 11.5 Å². The van der Waals surface area contributed by atoms with Crippen LogP contribution in [-0.2, 0) is 0 Å². The van der Waals surface area contributed by atoms with Gasteiger partial charge in [0.2, 0.25) is 0 Å². The van der Waals surface area contributed by atoms with Gasteiger partial charge in [-0.15, -0.1) is 0 Å². The fraction of sp³-hybridized carbons (Fsp3) is 0. The van der Waals surface area contributed by atoms with Gasteiger partial charge in [0, 0.05) is 41.3 Å². The van der Waals surface area contributed by atoms with E-state index in [0.717, 1.165) is 28.2 Å². The molecule has 0 saturated heterocycles. The molecule has 0 unspecified atom stereocenters. The lowest BCUT2D eigenvalue weighted by Crippen LogP contribution is -2.10. The van der Waals surface area contributed by atoms with Crippen molar-refractivity contribution in [2.45, 2.75) is 0 Å². The Morgan fingerprint density at radius 2 is 0.837 bits per heavy atom. The summed E-state index contributed by atoms with van der Waals surface area (Å²) in [7, 11) is 0. The summed E-state index contributed by atoms with van der Waals surface area (Å²) in [5.74, 6) is 2.62. The molecule has 0 saturated carbocycles. The molecule has 0 amide bonds. The van der Waals surface area contributed by atoms with E-state index in [1.807, 2.05) is 66.7 Å². The molecule has 2 N–H and O–H groups in total. The van der Waals surface area contributed by atoms with E-state index < -0.39 is 0 Å². The number of hydrogen-bond acceptors (Lipinski definition) is 5. The molecule has 6 aromatic carbocycles. The summed E-state index contributed by atoms with van der Waals surface area (Å²) in [4.78, 5) is 2.12. The molecule has 0 heterocycles. The predicted molar refractivity (Wildman–Crippen MR) is 173 cm³/mol. The van der Waals surface area contributed by atoms with Crippen molar-refractivity contribution in [2.75, 3.05) is 4.90 Å². The van der Waals surface area contributed by atoms with Crippen LogP contribution in [0.3, 0.4) is 0 Å². The van der Waals surface area contributed by atoms with Crippen LogP contribution in [0.15, 0.2) is 152 Å². The Bertz CT molecular complexity index is 1760. The highest BCUT2D eigenvalue weighted by Gasteiger charge is 2.15. The van der Waals surface area contributed by atoms with Gasteiger partial charge < -0.3 is 24.6 Å². The molecule has 0 bridgehead atoms. The minimum absolute atomic E-state index is 0.139. The first-order valence-corrected chi connectivity index (χ1v) is 13.9. The van der Waals surface area contributed by atoms with Gasteiger partial charge in [0.15, 0.2) is 0 Å². The van der Waals surface area contributed by atoms with Gasteiger partial charge in [-0.25, -0.2) is 0 Å². The zero-order chi connectivity index (χ0) is 29.4. The van der Waals surface area contributed by atoms with E-state index in [9.17, 15) is 10.2 Å². The molecule has 0 radical (unpaired) electrons. The molecule has 5 heteroatoms. The highest BCUT2D eigenvalue weighted by atomic mass is 16.5. The molecule has 6 rings (SSSR count). The minimum atomic E-state index is 0.139. The SMILES string of the molecule is Oc1cccc(Oc2cccc(N(c3ccc(C=Cc4ccccc4)cc3)c3cccc(Oc4cccc(O)c4)c3)c2)c1. The van der Waals surface area contributed by atoms with Gasteiger partial charge >= 0.3 is 0 Å². The van der Waals surface area contributed by atoms with Gasteiger partial charge in [-0.1, -0.05) is 78.9 Å². The molecule has 6 aromatic rings. The van der Waals surface area contributed by atoms with Crippen LogP contribution in [-0.4, -0.2) is 10.2 Å². The highest BCUT2D eigenvalue weighted by molar-refractivity contribution is 5.79. The van der Waals surface area contributed by atoms with Crippen LogP contribution < -0.4 is 14.4 Å². The van der Waals surface area contributed by atoms with Crippen molar-refractivity contribution >= 4 is 29.2 Å². The lowest BCUT2D eigenvalue weighted by Gasteiger charge is -2.26. The normalized spacial score (nSPS) is 10.9. The van der Waals surface area contributed by atoms with Crippen molar-refractivity contribution in [3.63, 3.8) is 0 Å². The van der Waals surface area contributed by atoms with E-state index in [1.165, 1.54) is 0 Å². The second-order valence-electron chi connectivity index (χ2n) is 9.86. The van der Waals surface area contributed by atoms with Crippen LogP contribution in [0.2, 0.25) is 0 Å². The maximum Gasteiger partial charge on any atom is 0.131 e. The first-order chi connectivity index (χ1) is 21.1. The highest BCUT2D eigenvalue weighted by Crippen LogP contribution is 2.39. The monoisotopic (exact) mass is 563 g/mol. The van der Waals surface area contributed by atoms with Crippen LogP contribution in [0.4, 0.5) is 17.1 Å². The smallest absolute Gasteiger partial charge is 0.131 e. The summed E-state index contributed by atoms with van der Waals surface area (Å²) in [6.45, 7) is 0. The lowest BCUT2D eigenvalue weighted by atomic mass is 10.1. The van der Waals surface area contributed by atoms with Gasteiger partial charge in [0.1, 0.15) is 34.5 Å². The van der Waals surface area contributed by atoms with Gasteiger partial charge in [-0.05, 0) is 71.8 Å². The number of anilines is 3. The second-order valence-corrected chi connectivity index (χ2v) is 9.86. The lowest BCUT2D eigenvalue weighted by molar-refractivity contribution is 0.454. The summed E-state index contributed by atoms with van der Waals surface area (Å²) in [5.41, 5.74) is 4.91. The summed E-state index contributed by atoms with van der Waals surface area (Å²) in [5, 5.41) is 19.8. The number of phenols is 2. The number of phenolic OH excluding ortho intramolecular Hbond substituents is 2. The Balaban J connectivity index is 1.35. The molecular weight excluding hydrogens is 534 g/mol.